The van der Waals surface area contributed by atoms with Gasteiger partial charge >= 0.3 is 5.69 Å². The number of aromatic nitrogens is 3. The van der Waals surface area contributed by atoms with Crippen LogP contribution in [0.5, 0.6) is 5.88 Å². The molecule has 1 saturated heterocycles. The Hall–Kier alpha value is -3.68. The molecule has 4 rings (SSSR count). The third-order valence-corrected chi connectivity index (χ3v) is 5.01. The van der Waals surface area contributed by atoms with Gasteiger partial charge in [0.15, 0.2) is 0 Å². The van der Waals surface area contributed by atoms with E-state index in [0.717, 1.165) is 35.9 Å². The van der Waals surface area contributed by atoms with Gasteiger partial charge in [-0.15, -0.1) is 0 Å². The topological polar surface area (TPSA) is 104 Å². The predicted octanol–water partition coefficient (Wildman–Crippen LogP) is 2.19. The van der Waals surface area contributed by atoms with Crippen LogP contribution in [-0.2, 0) is 0 Å². The number of hydrogen-bond donors (Lipinski definition) is 2. The van der Waals surface area contributed by atoms with E-state index in [-0.39, 0.29) is 11.6 Å². The molecule has 0 spiro atoms. The Morgan fingerprint density at radius 2 is 1.97 bits per heavy atom. The van der Waals surface area contributed by atoms with Crippen LogP contribution in [-0.4, -0.2) is 37.4 Å². The van der Waals surface area contributed by atoms with E-state index in [4.69, 9.17) is 0 Å². The molecular formula is C21H21N5O3. The van der Waals surface area contributed by atoms with Crippen molar-refractivity contribution in [2.24, 2.45) is 5.10 Å². The molecule has 1 aliphatic rings. The Bertz CT molecular complexity index is 1120. The summed E-state index contributed by atoms with van der Waals surface area (Å²) in [6.07, 6.45) is 7.86. The molecule has 2 aromatic heterocycles. The minimum absolute atomic E-state index is 0.0509. The van der Waals surface area contributed by atoms with Crippen LogP contribution in [0.3, 0.4) is 0 Å². The van der Waals surface area contributed by atoms with Crippen molar-refractivity contribution in [3.05, 3.63) is 86.8 Å². The van der Waals surface area contributed by atoms with Crippen molar-refractivity contribution in [3.8, 4) is 11.6 Å². The summed E-state index contributed by atoms with van der Waals surface area (Å²) in [5.41, 5.74) is 0.0493. The third kappa shape index (κ3) is 3.82. The summed E-state index contributed by atoms with van der Waals surface area (Å²) in [5.74, 6) is -0.441. The van der Waals surface area contributed by atoms with E-state index in [1.807, 2.05) is 23.3 Å². The van der Waals surface area contributed by atoms with Crippen molar-refractivity contribution in [2.75, 3.05) is 6.54 Å². The van der Waals surface area contributed by atoms with Crippen LogP contribution in [0.15, 0.2) is 69.5 Å². The van der Waals surface area contributed by atoms with E-state index in [2.05, 4.69) is 15.1 Å². The first-order valence-electron chi connectivity index (χ1n) is 9.49. The molecule has 3 heterocycles. The number of aromatic hydroxyl groups is 1. The van der Waals surface area contributed by atoms with Gasteiger partial charge in [-0.25, -0.2) is 9.36 Å². The second-order valence-electron chi connectivity index (χ2n) is 6.87. The van der Waals surface area contributed by atoms with E-state index < -0.39 is 17.1 Å². The summed E-state index contributed by atoms with van der Waals surface area (Å²) < 4.78 is 1.05. The summed E-state index contributed by atoms with van der Waals surface area (Å²) in [7, 11) is 0. The number of hydrazone groups is 1. The quantitative estimate of drug-likeness (QED) is 0.664. The van der Waals surface area contributed by atoms with Crippen LogP contribution in [0.2, 0.25) is 0 Å². The van der Waals surface area contributed by atoms with Crippen molar-refractivity contribution in [3.63, 3.8) is 0 Å². The van der Waals surface area contributed by atoms with E-state index in [9.17, 15) is 14.7 Å². The first kappa shape index (κ1) is 18.7. The molecule has 3 aromatic rings. The van der Waals surface area contributed by atoms with Gasteiger partial charge < -0.3 is 5.11 Å². The Labute approximate surface area is 166 Å². The predicted molar refractivity (Wildman–Crippen MR) is 109 cm³/mol. The van der Waals surface area contributed by atoms with Gasteiger partial charge in [0.25, 0.3) is 5.56 Å². The van der Waals surface area contributed by atoms with Crippen molar-refractivity contribution >= 4 is 6.21 Å². The molecule has 0 aliphatic carbocycles. The van der Waals surface area contributed by atoms with Crippen LogP contribution < -0.4 is 11.2 Å². The number of nitrogens with zero attached hydrogens (tertiary/aromatic N) is 4. The van der Waals surface area contributed by atoms with Gasteiger partial charge in [-0.05, 0) is 43.0 Å². The fourth-order valence-electron chi connectivity index (χ4n) is 3.57. The Morgan fingerprint density at radius 1 is 1.14 bits per heavy atom. The highest BCUT2D eigenvalue weighted by atomic mass is 16.3. The van der Waals surface area contributed by atoms with E-state index in [1.165, 1.54) is 6.21 Å². The molecule has 8 nitrogen and oxygen atoms in total. The Kier molecular flexibility index (Phi) is 5.24. The molecule has 0 amide bonds. The lowest BCUT2D eigenvalue weighted by Crippen LogP contribution is -2.32. The van der Waals surface area contributed by atoms with Crippen molar-refractivity contribution < 1.29 is 5.11 Å². The van der Waals surface area contributed by atoms with E-state index >= 15 is 0 Å². The largest absolute Gasteiger partial charge is 0.493 e. The van der Waals surface area contributed by atoms with Crippen LogP contribution in [0.4, 0.5) is 0 Å². The van der Waals surface area contributed by atoms with Crippen LogP contribution in [0, 0.1) is 0 Å². The normalized spacial score (nSPS) is 17.0. The van der Waals surface area contributed by atoms with E-state index in [0.29, 0.717) is 5.69 Å². The first-order chi connectivity index (χ1) is 14.1. The summed E-state index contributed by atoms with van der Waals surface area (Å²) in [6.45, 7) is 0.729. The van der Waals surface area contributed by atoms with Crippen molar-refractivity contribution in [2.45, 2.75) is 25.3 Å². The zero-order valence-corrected chi connectivity index (χ0v) is 15.7. The molecule has 0 bridgehead atoms. The first-order valence-corrected chi connectivity index (χ1v) is 9.49. The van der Waals surface area contributed by atoms with Gasteiger partial charge in [-0.3, -0.25) is 19.8 Å². The smallest absolute Gasteiger partial charge is 0.335 e. The van der Waals surface area contributed by atoms with Crippen molar-refractivity contribution in [1.82, 2.24) is 19.5 Å². The second-order valence-corrected chi connectivity index (χ2v) is 6.87. The van der Waals surface area contributed by atoms with Gasteiger partial charge in [0.05, 0.1) is 17.9 Å². The number of piperidine rings is 1. The number of benzene rings is 1. The summed E-state index contributed by atoms with van der Waals surface area (Å²) >= 11 is 0. The minimum atomic E-state index is -0.706. The van der Waals surface area contributed by atoms with Gasteiger partial charge in [0.1, 0.15) is 5.56 Å². The highest BCUT2D eigenvalue weighted by Gasteiger charge is 2.23. The molecule has 1 atom stereocenters. The highest BCUT2D eigenvalue weighted by molar-refractivity contribution is 5.82. The number of rotatable bonds is 4. The Morgan fingerprint density at radius 3 is 2.72 bits per heavy atom. The monoisotopic (exact) mass is 391 g/mol. The lowest BCUT2D eigenvalue weighted by Gasteiger charge is -2.33. The van der Waals surface area contributed by atoms with Crippen LogP contribution in [0.25, 0.3) is 5.69 Å². The number of H-pyrrole nitrogens is 1. The molecule has 0 unspecified atom stereocenters. The third-order valence-electron chi connectivity index (χ3n) is 5.01. The molecule has 2 N–H and O–H groups in total. The number of hydrogen-bond acceptors (Lipinski definition) is 6. The number of pyridine rings is 1. The van der Waals surface area contributed by atoms with Crippen LogP contribution >= 0.6 is 0 Å². The standard InChI is InChI=1S/C21H21N5O3/c27-19-17(20(28)26(21(29)24-19)16-8-2-1-3-9-16)14-23-25-12-5-4-10-18(25)15-7-6-11-22-13-15/h1-3,6-9,11,13-14,18,28H,4-5,10,12H2,(H,24,27,29)/t18-/m1/s1. The SMILES string of the molecule is O=c1[nH]c(=O)n(-c2ccccc2)c(O)c1C=NN1CCCC[C@@H]1c1cccnc1. The molecule has 1 aliphatic heterocycles. The van der Waals surface area contributed by atoms with Gasteiger partial charge in [0.2, 0.25) is 5.88 Å². The second kappa shape index (κ2) is 8.14. The zero-order chi connectivity index (χ0) is 20.2. The van der Waals surface area contributed by atoms with Crippen LogP contribution in [0.1, 0.15) is 36.4 Å². The zero-order valence-electron chi connectivity index (χ0n) is 15.7. The highest BCUT2D eigenvalue weighted by Crippen LogP contribution is 2.30. The summed E-state index contributed by atoms with van der Waals surface area (Å²) in [4.78, 5) is 31.0. The lowest BCUT2D eigenvalue weighted by atomic mass is 9.98. The fraction of sp³-hybridized carbons (Fsp3) is 0.238. The molecule has 8 heteroatoms. The minimum Gasteiger partial charge on any atom is -0.493 e. The maximum Gasteiger partial charge on any atom is 0.335 e. The average Bonchev–Trinajstić information content (AvgIpc) is 2.75. The maximum absolute atomic E-state index is 12.3. The molecule has 0 saturated carbocycles. The molecule has 1 fully saturated rings. The van der Waals surface area contributed by atoms with Gasteiger partial charge in [-0.1, -0.05) is 24.3 Å². The lowest BCUT2D eigenvalue weighted by molar-refractivity contribution is 0.156. The molecule has 148 valence electrons. The van der Waals surface area contributed by atoms with Gasteiger partial charge in [0, 0.05) is 18.9 Å². The maximum atomic E-state index is 12.3. The number of aromatic amines is 1. The summed E-state index contributed by atoms with van der Waals surface area (Å²) in [6, 6.07) is 12.6. The molecule has 29 heavy (non-hydrogen) atoms. The molecule has 1 aromatic carbocycles. The van der Waals surface area contributed by atoms with Gasteiger partial charge in [-0.2, -0.15) is 5.10 Å². The average molecular weight is 391 g/mol. The fourth-order valence-corrected chi connectivity index (χ4v) is 3.57. The summed E-state index contributed by atoms with van der Waals surface area (Å²) in [5, 5.41) is 17.0. The number of nitrogens with one attached hydrogen (secondary N) is 1. The molecule has 0 radical (unpaired) electrons. The Balaban J connectivity index is 1.71. The number of para-hydroxylation sites is 1. The van der Waals surface area contributed by atoms with E-state index in [1.54, 1.807) is 36.5 Å². The molecular weight excluding hydrogens is 370 g/mol. The van der Waals surface area contributed by atoms with Crippen molar-refractivity contribution in [1.29, 1.82) is 0 Å².